The second kappa shape index (κ2) is 7.26. The zero-order valence-electron chi connectivity index (χ0n) is 15.5. The van der Waals surface area contributed by atoms with Crippen molar-refractivity contribution >= 4 is 5.91 Å². The van der Waals surface area contributed by atoms with Gasteiger partial charge in [0.25, 0.3) is 5.91 Å². The number of aryl methyl sites for hydroxylation is 1. The Labute approximate surface area is 158 Å². The van der Waals surface area contributed by atoms with Crippen LogP contribution in [0.1, 0.15) is 40.6 Å². The van der Waals surface area contributed by atoms with E-state index in [9.17, 15) is 4.79 Å². The molecule has 1 unspecified atom stereocenters. The van der Waals surface area contributed by atoms with Gasteiger partial charge in [0.15, 0.2) is 0 Å². The first-order valence-corrected chi connectivity index (χ1v) is 9.13. The summed E-state index contributed by atoms with van der Waals surface area (Å²) in [6.45, 7) is 3.37. The molecule has 0 radical (unpaired) electrons. The van der Waals surface area contributed by atoms with Crippen LogP contribution < -0.4 is 0 Å². The number of hydrogen-bond donors (Lipinski definition) is 0. The average molecular weight is 362 g/mol. The molecule has 0 N–H and O–H groups in total. The number of carbonyl (C=O) groups is 1. The highest BCUT2D eigenvalue weighted by atomic mass is 16.2. The molecule has 0 spiro atoms. The molecule has 7 heteroatoms. The topological polar surface area (TPSA) is 76.8 Å². The Balaban J connectivity index is 1.56. The van der Waals surface area contributed by atoms with E-state index in [2.05, 4.69) is 15.0 Å². The molecule has 7 nitrogen and oxygen atoms in total. The van der Waals surface area contributed by atoms with Gasteiger partial charge in [-0.2, -0.15) is 0 Å². The number of likely N-dealkylation sites (tertiary alicyclic amines) is 1. The highest BCUT2D eigenvalue weighted by molar-refractivity contribution is 5.94. The van der Waals surface area contributed by atoms with Crippen LogP contribution in [0.15, 0.2) is 43.1 Å². The van der Waals surface area contributed by atoms with E-state index in [1.54, 1.807) is 24.7 Å². The molecule has 4 heterocycles. The molecule has 3 aromatic rings. The van der Waals surface area contributed by atoms with Crippen LogP contribution in [0.5, 0.6) is 0 Å². The van der Waals surface area contributed by atoms with E-state index in [4.69, 9.17) is 4.98 Å². The summed E-state index contributed by atoms with van der Waals surface area (Å²) in [6, 6.07) is 3.60. The first kappa shape index (κ1) is 17.3. The SMILES string of the molecule is Cc1ncc(-c2cncc(C3CCCN(C(=O)c4cccnc4)C3)n2)n1C. The zero-order valence-corrected chi connectivity index (χ0v) is 15.5. The number of aromatic nitrogens is 5. The van der Waals surface area contributed by atoms with Crippen molar-refractivity contribution in [3.8, 4) is 11.4 Å². The minimum atomic E-state index is 0.0270. The Morgan fingerprint density at radius 1 is 1.19 bits per heavy atom. The molecule has 1 aliphatic heterocycles. The number of nitrogens with zero attached hydrogens (tertiary/aromatic N) is 6. The Morgan fingerprint density at radius 3 is 2.81 bits per heavy atom. The van der Waals surface area contributed by atoms with Gasteiger partial charge in [0, 0.05) is 44.6 Å². The largest absolute Gasteiger partial charge is 0.338 e. The summed E-state index contributed by atoms with van der Waals surface area (Å²) in [7, 11) is 1.97. The highest BCUT2D eigenvalue weighted by Crippen LogP contribution is 2.27. The molecule has 0 aliphatic carbocycles. The van der Waals surface area contributed by atoms with Crippen molar-refractivity contribution < 1.29 is 4.79 Å². The first-order valence-electron chi connectivity index (χ1n) is 9.13. The third-order valence-corrected chi connectivity index (χ3v) is 5.17. The van der Waals surface area contributed by atoms with Crippen LogP contribution >= 0.6 is 0 Å². The second-order valence-corrected chi connectivity index (χ2v) is 6.91. The molecule has 1 fully saturated rings. The molecule has 1 atom stereocenters. The van der Waals surface area contributed by atoms with Gasteiger partial charge in [0.1, 0.15) is 11.5 Å². The number of imidazole rings is 1. The van der Waals surface area contributed by atoms with Gasteiger partial charge >= 0.3 is 0 Å². The molecule has 1 amide bonds. The van der Waals surface area contributed by atoms with E-state index in [0.29, 0.717) is 12.1 Å². The number of hydrogen-bond acceptors (Lipinski definition) is 5. The van der Waals surface area contributed by atoms with E-state index in [0.717, 1.165) is 42.3 Å². The van der Waals surface area contributed by atoms with Crippen LogP contribution in [0.25, 0.3) is 11.4 Å². The molecule has 1 aliphatic rings. The molecule has 1 saturated heterocycles. The summed E-state index contributed by atoms with van der Waals surface area (Å²) < 4.78 is 2.01. The number of pyridine rings is 1. The molecule has 0 aromatic carbocycles. The monoisotopic (exact) mass is 362 g/mol. The molecular weight excluding hydrogens is 340 g/mol. The number of rotatable bonds is 3. The van der Waals surface area contributed by atoms with Crippen LogP contribution in [-0.2, 0) is 7.05 Å². The molecule has 3 aromatic heterocycles. The standard InChI is InChI=1S/C20H22N6O/c1-14-23-12-19(25(14)2)18-11-22-10-17(24-18)16-6-4-8-26(13-16)20(27)15-5-3-7-21-9-15/h3,5,7,9-12,16H,4,6,8,13H2,1-2H3. The lowest BCUT2D eigenvalue weighted by atomic mass is 9.94. The fourth-order valence-corrected chi connectivity index (χ4v) is 3.52. The third-order valence-electron chi connectivity index (χ3n) is 5.17. The molecule has 27 heavy (non-hydrogen) atoms. The number of amides is 1. The first-order chi connectivity index (χ1) is 13.1. The molecule has 138 valence electrons. The lowest BCUT2D eigenvalue weighted by molar-refractivity contribution is 0.0705. The van der Waals surface area contributed by atoms with E-state index in [-0.39, 0.29) is 11.8 Å². The minimum absolute atomic E-state index is 0.0270. The van der Waals surface area contributed by atoms with E-state index in [1.165, 1.54) is 0 Å². The Morgan fingerprint density at radius 2 is 2.07 bits per heavy atom. The predicted octanol–water partition coefficient (Wildman–Crippen LogP) is 2.60. The molecule has 0 saturated carbocycles. The molecule has 4 rings (SSSR count). The van der Waals surface area contributed by atoms with Crippen LogP contribution in [0.3, 0.4) is 0 Å². The maximum absolute atomic E-state index is 12.8. The van der Waals surface area contributed by atoms with Gasteiger partial charge in [0.05, 0.1) is 29.3 Å². The smallest absolute Gasteiger partial charge is 0.255 e. The lowest BCUT2D eigenvalue weighted by Gasteiger charge is -2.32. The van der Waals surface area contributed by atoms with Gasteiger partial charge < -0.3 is 9.47 Å². The van der Waals surface area contributed by atoms with Gasteiger partial charge in [-0.05, 0) is 31.9 Å². The Bertz CT molecular complexity index is 952. The van der Waals surface area contributed by atoms with Crippen LogP contribution in [-0.4, -0.2) is 48.4 Å². The van der Waals surface area contributed by atoms with Crippen molar-refractivity contribution in [1.82, 2.24) is 29.4 Å². The highest BCUT2D eigenvalue weighted by Gasteiger charge is 2.27. The van der Waals surface area contributed by atoms with Crippen LogP contribution in [0.2, 0.25) is 0 Å². The van der Waals surface area contributed by atoms with Crippen LogP contribution in [0, 0.1) is 6.92 Å². The van der Waals surface area contributed by atoms with E-state index < -0.39 is 0 Å². The summed E-state index contributed by atoms with van der Waals surface area (Å²) in [5.41, 5.74) is 3.31. The van der Waals surface area contributed by atoms with Crippen LogP contribution in [0.4, 0.5) is 0 Å². The minimum Gasteiger partial charge on any atom is -0.338 e. The lowest BCUT2D eigenvalue weighted by Crippen LogP contribution is -2.39. The maximum atomic E-state index is 12.8. The number of carbonyl (C=O) groups excluding carboxylic acids is 1. The summed E-state index contributed by atoms with van der Waals surface area (Å²) in [4.78, 5) is 32.3. The van der Waals surface area contributed by atoms with Crippen molar-refractivity contribution in [2.75, 3.05) is 13.1 Å². The fraction of sp³-hybridized carbons (Fsp3) is 0.350. The summed E-state index contributed by atoms with van der Waals surface area (Å²) in [5, 5.41) is 0. The fourth-order valence-electron chi connectivity index (χ4n) is 3.52. The Kier molecular flexibility index (Phi) is 4.66. The molecular formula is C20H22N6O. The normalized spacial score (nSPS) is 17.1. The zero-order chi connectivity index (χ0) is 18.8. The van der Waals surface area contributed by atoms with Crippen molar-refractivity contribution in [1.29, 1.82) is 0 Å². The van der Waals surface area contributed by atoms with Crippen molar-refractivity contribution in [2.24, 2.45) is 7.05 Å². The van der Waals surface area contributed by atoms with Gasteiger partial charge in [-0.15, -0.1) is 0 Å². The maximum Gasteiger partial charge on any atom is 0.255 e. The summed E-state index contributed by atoms with van der Waals surface area (Å²) >= 11 is 0. The van der Waals surface area contributed by atoms with Gasteiger partial charge in [-0.3, -0.25) is 14.8 Å². The van der Waals surface area contributed by atoms with Gasteiger partial charge in [0.2, 0.25) is 0 Å². The van der Waals surface area contributed by atoms with Gasteiger partial charge in [-0.25, -0.2) is 9.97 Å². The number of piperidine rings is 1. The predicted molar refractivity (Wildman–Crippen MR) is 101 cm³/mol. The van der Waals surface area contributed by atoms with E-state index >= 15 is 0 Å². The van der Waals surface area contributed by atoms with Crippen molar-refractivity contribution in [3.63, 3.8) is 0 Å². The Hall–Kier alpha value is -3.09. The van der Waals surface area contributed by atoms with Crippen molar-refractivity contribution in [2.45, 2.75) is 25.7 Å². The second-order valence-electron chi connectivity index (χ2n) is 6.91. The van der Waals surface area contributed by atoms with Crippen molar-refractivity contribution in [3.05, 3.63) is 60.2 Å². The van der Waals surface area contributed by atoms with Gasteiger partial charge in [-0.1, -0.05) is 0 Å². The molecule has 0 bridgehead atoms. The summed E-state index contributed by atoms with van der Waals surface area (Å²) in [5.74, 6) is 1.14. The third kappa shape index (κ3) is 3.45. The summed E-state index contributed by atoms with van der Waals surface area (Å²) in [6.07, 6.45) is 10.7. The quantitative estimate of drug-likeness (QED) is 0.716. The van der Waals surface area contributed by atoms with E-state index in [1.807, 2.05) is 41.9 Å². The average Bonchev–Trinajstić information content (AvgIpc) is 3.07.